The molecule has 2 aliphatic rings. The van der Waals surface area contributed by atoms with Gasteiger partial charge in [-0.3, -0.25) is 0 Å². The van der Waals surface area contributed by atoms with Crippen molar-refractivity contribution >= 4 is 32.7 Å². The molecule has 5 rings (SSSR count). The van der Waals surface area contributed by atoms with Crippen molar-refractivity contribution in [1.82, 2.24) is 20.4 Å². The molecule has 2 aliphatic heterocycles. The third kappa shape index (κ3) is 4.25. The van der Waals surface area contributed by atoms with E-state index in [1.54, 1.807) is 6.92 Å². The van der Waals surface area contributed by atoms with Gasteiger partial charge in [0.1, 0.15) is 11.3 Å². The highest BCUT2D eigenvalue weighted by atomic mass is 79.9. The smallest absolute Gasteiger partial charge is 0.261 e. The van der Waals surface area contributed by atoms with Crippen LogP contribution in [0.15, 0.2) is 21.1 Å². The first-order valence-electron chi connectivity index (χ1n) is 11.2. The largest absolute Gasteiger partial charge is 0.380 e. The van der Waals surface area contributed by atoms with E-state index in [1.165, 1.54) is 12.5 Å². The summed E-state index contributed by atoms with van der Waals surface area (Å²) in [7, 11) is 0. The Labute approximate surface area is 194 Å². The molecule has 3 aromatic rings. The topological polar surface area (TPSA) is 76.3 Å². The van der Waals surface area contributed by atoms with E-state index in [0.717, 1.165) is 62.1 Å². The Hall–Kier alpha value is -2.10. The van der Waals surface area contributed by atoms with Crippen LogP contribution >= 0.6 is 15.9 Å². The minimum atomic E-state index is -0.346. The number of benzene rings is 1. The number of ether oxygens (including phenoxy) is 1. The van der Waals surface area contributed by atoms with Crippen molar-refractivity contribution in [2.75, 3.05) is 31.2 Å². The summed E-state index contributed by atoms with van der Waals surface area (Å²) in [5.41, 5.74) is 2.02. The third-order valence-corrected chi connectivity index (χ3v) is 6.87. The Morgan fingerprint density at radius 3 is 2.62 bits per heavy atom. The average molecular weight is 504 g/mol. The van der Waals surface area contributed by atoms with Gasteiger partial charge in [-0.25, -0.2) is 9.37 Å². The van der Waals surface area contributed by atoms with E-state index in [0.29, 0.717) is 39.6 Å². The molecule has 170 valence electrons. The van der Waals surface area contributed by atoms with Gasteiger partial charge in [-0.2, -0.15) is 4.98 Å². The van der Waals surface area contributed by atoms with Crippen LogP contribution in [-0.4, -0.2) is 53.5 Å². The fraction of sp³-hybridized carbons (Fsp3) is 0.522. The van der Waals surface area contributed by atoms with Crippen molar-refractivity contribution in [3.05, 3.63) is 33.8 Å². The molecule has 7 nitrogen and oxygen atoms in total. The maximum atomic E-state index is 14.9. The van der Waals surface area contributed by atoms with Crippen molar-refractivity contribution < 1.29 is 13.7 Å². The summed E-state index contributed by atoms with van der Waals surface area (Å²) in [6.45, 7) is 7.06. The van der Waals surface area contributed by atoms with Gasteiger partial charge < -0.3 is 19.5 Å². The maximum absolute atomic E-state index is 14.9. The van der Waals surface area contributed by atoms with E-state index in [9.17, 15) is 4.39 Å². The summed E-state index contributed by atoms with van der Waals surface area (Å²) in [5, 5.41) is 8.47. The average Bonchev–Trinajstić information content (AvgIpc) is 3.21. The number of hydrogen-bond donors (Lipinski definition) is 1. The van der Waals surface area contributed by atoms with Crippen molar-refractivity contribution in [2.24, 2.45) is 0 Å². The van der Waals surface area contributed by atoms with Crippen molar-refractivity contribution in [3.63, 3.8) is 0 Å². The Kier molecular flexibility index (Phi) is 6.14. The molecule has 0 spiro atoms. The number of nitrogens with zero attached hydrogens (tertiary/aromatic N) is 4. The summed E-state index contributed by atoms with van der Waals surface area (Å²) in [6.07, 6.45) is 4.26. The highest BCUT2D eigenvalue weighted by molar-refractivity contribution is 9.10. The summed E-state index contributed by atoms with van der Waals surface area (Å²) in [6, 6.07) is 4.23. The maximum Gasteiger partial charge on any atom is 0.261 e. The minimum absolute atomic E-state index is 0.346. The monoisotopic (exact) mass is 503 g/mol. The number of nitrogens with one attached hydrogen (secondary N) is 1. The van der Waals surface area contributed by atoms with Gasteiger partial charge in [0.15, 0.2) is 11.6 Å². The Balaban J connectivity index is 1.47. The lowest BCUT2D eigenvalue weighted by molar-refractivity contribution is 0.0650. The van der Waals surface area contributed by atoms with Gasteiger partial charge >= 0.3 is 0 Å². The zero-order valence-corrected chi connectivity index (χ0v) is 19.9. The van der Waals surface area contributed by atoms with Gasteiger partial charge in [-0.15, -0.1) is 0 Å². The number of halogens is 2. The van der Waals surface area contributed by atoms with Crippen LogP contribution in [0.2, 0.25) is 0 Å². The van der Waals surface area contributed by atoms with Gasteiger partial charge in [0.05, 0.1) is 12.2 Å². The number of anilines is 1. The molecule has 1 aromatic carbocycles. The number of aromatic nitrogens is 3. The molecule has 0 unspecified atom stereocenters. The first-order chi connectivity index (χ1) is 15.5. The van der Waals surface area contributed by atoms with Gasteiger partial charge in [0.25, 0.3) is 5.89 Å². The van der Waals surface area contributed by atoms with Gasteiger partial charge in [-0.05, 0) is 57.2 Å². The van der Waals surface area contributed by atoms with Crippen LogP contribution in [0.25, 0.3) is 22.4 Å². The van der Waals surface area contributed by atoms with E-state index in [4.69, 9.17) is 14.2 Å². The molecule has 1 N–H and O–H groups in total. The van der Waals surface area contributed by atoms with Crippen LogP contribution in [0.4, 0.5) is 10.2 Å². The van der Waals surface area contributed by atoms with Crippen LogP contribution in [0, 0.1) is 19.7 Å². The highest BCUT2D eigenvalue weighted by Gasteiger charge is 2.28. The zero-order valence-electron chi connectivity index (χ0n) is 18.3. The zero-order chi connectivity index (χ0) is 22.2. The lowest BCUT2D eigenvalue weighted by atomic mass is 9.99. The number of hydrogen-bond acceptors (Lipinski definition) is 7. The van der Waals surface area contributed by atoms with E-state index in [2.05, 4.69) is 36.3 Å². The van der Waals surface area contributed by atoms with E-state index in [-0.39, 0.29) is 5.82 Å². The Morgan fingerprint density at radius 2 is 1.94 bits per heavy atom. The quantitative estimate of drug-likeness (QED) is 0.559. The molecular weight excluding hydrogens is 477 g/mol. The summed E-state index contributed by atoms with van der Waals surface area (Å²) >= 11 is 3.40. The first kappa shape index (κ1) is 21.7. The molecule has 0 bridgehead atoms. The second-order valence-electron chi connectivity index (χ2n) is 8.71. The van der Waals surface area contributed by atoms with Gasteiger partial charge in [-0.1, -0.05) is 21.1 Å². The Bertz CT molecular complexity index is 1120. The molecule has 0 saturated carbocycles. The molecule has 0 radical (unpaired) electrons. The number of aryl methyl sites for hydroxylation is 2. The second-order valence-corrected chi connectivity index (χ2v) is 9.62. The number of piperidine rings is 1. The molecule has 2 fully saturated rings. The molecule has 2 saturated heterocycles. The summed E-state index contributed by atoms with van der Waals surface area (Å²) in [5.74, 6) is 1.34. The minimum Gasteiger partial charge on any atom is -0.380 e. The molecule has 0 aliphatic carbocycles. The fourth-order valence-electron chi connectivity index (χ4n) is 4.78. The standard InChI is InChI=1S/C23H27BrFN5O2/c1-13-18-10-15(24)11-19(25)21(18)28-22(20(13)23-26-14(2)29-32-23)30-7-5-16(6-8-30)27-17-4-3-9-31-12-17/h10-11,16-17,27H,3-9,12H2,1-2H3/t17-/m0/s1. The molecule has 2 aromatic heterocycles. The lowest BCUT2D eigenvalue weighted by Gasteiger charge is -2.36. The fourth-order valence-corrected chi connectivity index (χ4v) is 5.21. The molecule has 4 heterocycles. The number of pyridine rings is 1. The van der Waals surface area contributed by atoms with Gasteiger partial charge in [0.2, 0.25) is 0 Å². The predicted octanol–water partition coefficient (Wildman–Crippen LogP) is 4.54. The second kappa shape index (κ2) is 9.03. The molecule has 1 atom stereocenters. The summed E-state index contributed by atoms with van der Waals surface area (Å²) in [4.78, 5) is 11.5. The third-order valence-electron chi connectivity index (χ3n) is 6.42. The SMILES string of the molecule is Cc1noc(-c2c(N3CCC(N[C@H]4CCCOC4)CC3)nc3c(F)cc(Br)cc3c2C)n1. The summed E-state index contributed by atoms with van der Waals surface area (Å²) < 4.78 is 26.7. The van der Waals surface area contributed by atoms with Crippen LogP contribution < -0.4 is 10.2 Å². The van der Waals surface area contributed by atoms with Crippen molar-refractivity contribution in [1.29, 1.82) is 0 Å². The molecule has 9 heteroatoms. The normalized spacial score (nSPS) is 20.2. The van der Waals surface area contributed by atoms with Gasteiger partial charge in [0, 0.05) is 41.6 Å². The first-order valence-corrected chi connectivity index (χ1v) is 12.0. The van der Waals surface area contributed by atoms with Crippen LogP contribution in [0.3, 0.4) is 0 Å². The predicted molar refractivity (Wildman–Crippen MR) is 124 cm³/mol. The lowest BCUT2D eigenvalue weighted by Crippen LogP contribution is -2.48. The molecule has 0 amide bonds. The van der Waals surface area contributed by atoms with E-state index in [1.807, 2.05) is 13.0 Å². The van der Waals surface area contributed by atoms with E-state index >= 15 is 0 Å². The number of rotatable bonds is 4. The number of fused-ring (bicyclic) bond motifs is 1. The van der Waals surface area contributed by atoms with E-state index < -0.39 is 0 Å². The van der Waals surface area contributed by atoms with Crippen LogP contribution in [0.1, 0.15) is 37.1 Å². The highest BCUT2D eigenvalue weighted by Crippen LogP contribution is 2.38. The van der Waals surface area contributed by atoms with Crippen molar-refractivity contribution in [2.45, 2.75) is 51.6 Å². The molecular formula is C23H27BrFN5O2. The van der Waals surface area contributed by atoms with Crippen LogP contribution in [0.5, 0.6) is 0 Å². The van der Waals surface area contributed by atoms with Crippen molar-refractivity contribution in [3.8, 4) is 11.5 Å². The molecule has 32 heavy (non-hydrogen) atoms. The Morgan fingerprint density at radius 1 is 1.12 bits per heavy atom. The van der Waals surface area contributed by atoms with Crippen LogP contribution in [-0.2, 0) is 4.74 Å².